The number of benzene rings is 1. The fraction of sp³-hybridized carbons (Fsp3) is 0.261. The first kappa shape index (κ1) is 18.5. The van der Waals surface area contributed by atoms with Gasteiger partial charge in [0, 0.05) is 37.1 Å². The van der Waals surface area contributed by atoms with Crippen LogP contribution < -0.4 is 0 Å². The Kier molecular flexibility index (Phi) is 4.58. The van der Waals surface area contributed by atoms with Crippen LogP contribution in [0.2, 0.25) is 0 Å². The van der Waals surface area contributed by atoms with Crippen molar-refractivity contribution in [1.82, 2.24) is 24.6 Å². The van der Waals surface area contributed by atoms with Crippen LogP contribution in [0.5, 0.6) is 0 Å². The molecule has 3 aromatic heterocycles. The van der Waals surface area contributed by atoms with Gasteiger partial charge in [-0.2, -0.15) is 5.10 Å². The molecule has 1 aliphatic heterocycles. The van der Waals surface area contributed by atoms with Gasteiger partial charge in [-0.05, 0) is 49.6 Å². The molecule has 0 spiro atoms. The Morgan fingerprint density at radius 2 is 2.10 bits per heavy atom. The quantitative estimate of drug-likeness (QED) is 0.557. The molecule has 30 heavy (non-hydrogen) atoms. The maximum Gasteiger partial charge on any atom is 0.257 e. The lowest BCUT2D eigenvalue weighted by Crippen LogP contribution is -2.34. The minimum Gasteiger partial charge on any atom is -0.346 e. The molecule has 0 aliphatic carbocycles. The molecule has 1 amide bonds. The topological polar surface area (TPSA) is 66.8 Å². The SMILES string of the molecule is C[C@H]1C[C@H](Cn2ccc3nc(-c4cn[nH]c4)ccc32)CN1C(=O)c1ccccc1F. The van der Waals surface area contributed by atoms with Crippen LogP contribution in [-0.2, 0) is 6.54 Å². The smallest absolute Gasteiger partial charge is 0.257 e. The highest BCUT2D eigenvalue weighted by Crippen LogP contribution is 2.28. The number of likely N-dealkylation sites (tertiary alicyclic amines) is 1. The zero-order valence-corrected chi connectivity index (χ0v) is 16.6. The average Bonchev–Trinajstić information content (AvgIpc) is 3.48. The van der Waals surface area contributed by atoms with Gasteiger partial charge in [0.05, 0.1) is 28.5 Å². The van der Waals surface area contributed by atoms with Crippen LogP contribution in [0.1, 0.15) is 23.7 Å². The average molecular weight is 403 g/mol. The van der Waals surface area contributed by atoms with Gasteiger partial charge < -0.3 is 9.47 Å². The van der Waals surface area contributed by atoms with E-state index in [1.165, 1.54) is 6.07 Å². The number of nitrogens with zero attached hydrogens (tertiary/aromatic N) is 4. The van der Waals surface area contributed by atoms with Gasteiger partial charge in [0.2, 0.25) is 0 Å². The van der Waals surface area contributed by atoms with E-state index < -0.39 is 5.82 Å². The molecular weight excluding hydrogens is 381 g/mol. The highest BCUT2D eigenvalue weighted by Gasteiger charge is 2.34. The van der Waals surface area contributed by atoms with Crippen LogP contribution in [-0.4, -0.2) is 43.1 Å². The van der Waals surface area contributed by atoms with Gasteiger partial charge in [0.1, 0.15) is 5.82 Å². The molecule has 1 saturated heterocycles. The molecule has 1 aliphatic rings. The molecule has 1 N–H and O–H groups in total. The molecule has 7 heteroatoms. The first-order valence-electron chi connectivity index (χ1n) is 10.1. The summed E-state index contributed by atoms with van der Waals surface area (Å²) < 4.78 is 16.3. The number of carbonyl (C=O) groups excluding carboxylic acids is 1. The standard InChI is InChI=1S/C23H22FN5O/c1-15-10-16(14-29(15)23(30)18-4-2-3-5-19(18)24)13-28-9-8-21-22(28)7-6-20(27-21)17-11-25-26-12-17/h2-9,11-12,15-16H,10,13-14H2,1H3,(H,25,26)/t15-,16+/m0/s1. The van der Waals surface area contributed by atoms with E-state index in [1.54, 1.807) is 29.3 Å². The van der Waals surface area contributed by atoms with E-state index in [0.717, 1.165) is 35.3 Å². The summed E-state index contributed by atoms with van der Waals surface area (Å²) in [7, 11) is 0. The van der Waals surface area contributed by atoms with E-state index >= 15 is 0 Å². The molecule has 5 rings (SSSR count). The van der Waals surface area contributed by atoms with E-state index in [4.69, 9.17) is 4.98 Å². The fourth-order valence-corrected chi connectivity index (χ4v) is 4.41. The van der Waals surface area contributed by atoms with Crippen molar-refractivity contribution in [2.45, 2.75) is 25.9 Å². The Hall–Kier alpha value is -3.48. The number of carbonyl (C=O) groups is 1. The summed E-state index contributed by atoms with van der Waals surface area (Å²) in [6, 6.07) is 12.4. The van der Waals surface area contributed by atoms with E-state index in [0.29, 0.717) is 12.5 Å². The number of H-pyrrole nitrogens is 1. The van der Waals surface area contributed by atoms with Crippen molar-refractivity contribution >= 4 is 16.9 Å². The second-order valence-corrected chi connectivity index (χ2v) is 7.94. The molecular formula is C23H22FN5O. The number of hydrogen-bond acceptors (Lipinski definition) is 3. The predicted octanol–water partition coefficient (Wildman–Crippen LogP) is 4.12. The van der Waals surface area contributed by atoms with Crippen molar-refractivity contribution < 1.29 is 9.18 Å². The lowest BCUT2D eigenvalue weighted by Gasteiger charge is -2.22. The van der Waals surface area contributed by atoms with Crippen LogP contribution in [0.3, 0.4) is 0 Å². The van der Waals surface area contributed by atoms with Crippen molar-refractivity contribution in [2.75, 3.05) is 6.54 Å². The number of pyridine rings is 1. The summed E-state index contributed by atoms with van der Waals surface area (Å²) in [5, 5.41) is 6.79. The monoisotopic (exact) mass is 403 g/mol. The number of aromatic amines is 1. The largest absolute Gasteiger partial charge is 0.346 e. The summed E-state index contributed by atoms with van der Waals surface area (Å²) in [5.41, 5.74) is 3.97. The molecule has 0 saturated carbocycles. The molecule has 1 fully saturated rings. The maximum atomic E-state index is 14.1. The second-order valence-electron chi connectivity index (χ2n) is 7.94. The number of halogens is 1. The van der Waals surface area contributed by atoms with Crippen LogP contribution >= 0.6 is 0 Å². The van der Waals surface area contributed by atoms with Crippen molar-refractivity contribution in [2.24, 2.45) is 5.92 Å². The van der Waals surface area contributed by atoms with Crippen LogP contribution in [0.25, 0.3) is 22.3 Å². The van der Waals surface area contributed by atoms with Gasteiger partial charge in [-0.15, -0.1) is 0 Å². The molecule has 0 unspecified atom stereocenters. The zero-order valence-electron chi connectivity index (χ0n) is 16.6. The van der Waals surface area contributed by atoms with E-state index in [9.17, 15) is 9.18 Å². The molecule has 1 aromatic carbocycles. The number of hydrogen-bond donors (Lipinski definition) is 1. The first-order chi connectivity index (χ1) is 14.6. The molecule has 2 atom stereocenters. The third-order valence-corrected chi connectivity index (χ3v) is 5.90. The Balaban J connectivity index is 1.33. The number of nitrogens with one attached hydrogen (secondary N) is 1. The van der Waals surface area contributed by atoms with Crippen LogP contribution in [0, 0.1) is 11.7 Å². The number of aromatic nitrogens is 4. The Labute approximate surface area is 173 Å². The number of fused-ring (bicyclic) bond motifs is 1. The van der Waals surface area contributed by atoms with Gasteiger partial charge in [-0.25, -0.2) is 9.37 Å². The minimum absolute atomic E-state index is 0.0785. The fourth-order valence-electron chi connectivity index (χ4n) is 4.41. The molecule has 0 radical (unpaired) electrons. The summed E-state index contributed by atoms with van der Waals surface area (Å²) >= 11 is 0. The van der Waals surface area contributed by atoms with Crippen molar-refractivity contribution in [3.05, 3.63) is 72.4 Å². The Morgan fingerprint density at radius 1 is 1.23 bits per heavy atom. The summed E-state index contributed by atoms with van der Waals surface area (Å²) in [6.07, 6.45) is 6.52. The van der Waals surface area contributed by atoms with E-state index in [-0.39, 0.29) is 17.5 Å². The van der Waals surface area contributed by atoms with Crippen LogP contribution in [0.15, 0.2) is 61.1 Å². The number of amides is 1. The number of rotatable bonds is 4. The lowest BCUT2D eigenvalue weighted by molar-refractivity contribution is 0.0737. The third-order valence-electron chi connectivity index (χ3n) is 5.90. The highest BCUT2D eigenvalue weighted by molar-refractivity contribution is 5.94. The summed E-state index contributed by atoms with van der Waals surface area (Å²) in [6.45, 7) is 3.45. The van der Waals surface area contributed by atoms with E-state index in [2.05, 4.69) is 20.8 Å². The highest BCUT2D eigenvalue weighted by atomic mass is 19.1. The normalized spacial score (nSPS) is 18.9. The first-order valence-corrected chi connectivity index (χ1v) is 10.1. The summed E-state index contributed by atoms with van der Waals surface area (Å²) in [4.78, 5) is 19.4. The predicted molar refractivity (Wildman–Crippen MR) is 112 cm³/mol. The lowest BCUT2D eigenvalue weighted by atomic mass is 10.1. The molecule has 0 bridgehead atoms. The maximum absolute atomic E-state index is 14.1. The minimum atomic E-state index is -0.464. The molecule has 4 aromatic rings. The van der Waals surface area contributed by atoms with Crippen molar-refractivity contribution in [1.29, 1.82) is 0 Å². The van der Waals surface area contributed by atoms with Crippen LogP contribution in [0.4, 0.5) is 4.39 Å². The van der Waals surface area contributed by atoms with Gasteiger partial charge in [-0.3, -0.25) is 9.89 Å². The molecule has 152 valence electrons. The van der Waals surface area contributed by atoms with Crippen molar-refractivity contribution in [3.8, 4) is 11.3 Å². The van der Waals surface area contributed by atoms with Crippen molar-refractivity contribution in [3.63, 3.8) is 0 Å². The van der Waals surface area contributed by atoms with Gasteiger partial charge in [0.25, 0.3) is 5.91 Å². The zero-order chi connectivity index (χ0) is 20.7. The second kappa shape index (κ2) is 7.40. The molecule has 6 nitrogen and oxygen atoms in total. The van der Waals surface area contributed by atoms with E-state index in [1.807, 2.05) is 31.5 Å². The van der Waals surface area contributed by atoms with Gasteiger partial charge in [-0.1, -0.05) is 12.1 Å². The Morgan fingerprint density at radius 3 is 2.90 bits per heavy atom. The summed E-state index contributed by atoms with van der Waals surface area (Å²) in [5.74, 6) is -0.388. The van der Waals surface area contributed by atoms with Gasteiger partial charge >= 0.3 is 0 Å². The van der Waals surface area contributed by atoms with Gasteiger partial charge in [0.15, 0.2) is 0 Å². The molecule has 4 heterocycles. The third kappa shape index (κ3) is 3.26. The Bertz CT molecular complexity index is 1200.